The van der Waals surface area contributed by atoms with E-state index < -0.39 is 5.41 Å². The minimum Gasteiger partial charge on any atom is -0.395 e. The Morgan fingerprint density at radius 2 is 1.62 bits per heavy atom. The highest BCUT2D eigenvalue weighted by Crippen LogP contribution is 2.35. The molecular formula is C17H18Cl2O2. The molecule has 0 fully saturated rings. The van der Waals surface area contributed by atoms with Crippen LogP contribution in [0.3, 0.4) is 0 Å². The van der Waals surface area contributed by atoms with Crippen molar-refractivity contribution < 1.29 is 10.2 Å². The number of hydrogen-bond donors (Lipinski definition) is 2. The molecule has 0 radical (unpaired) electrons. The van der Waals surface area contributed by atoms with E-state index in [0.717, 1.165) is 16.7 Å². The van der Waals surface area contributed by atoms with Gasteiger partial charge < -0.3 is 10.2 Å². The third-order valence-corrected chi connectivity index (χ3v) is 4.47. The van der Waals surface area contributed by atoms with Crippen molar-refractivity contribution in [3.8, 4) is 0 Å². The van der Waals surface area contributed by atoms with Crippen molar-refractivity contribution >= 4 is 23.2 Å². The van der Waals surface area contributed by atoms with Crippen molar-refractivity contribution in [3.05, 3.63) is 69.2 Å². The highest BCUT2D eigenvalue weighted by molar-refractivity contribution is 6.32. The quantitative estimate of drug-likeness (QED) is 0.879. The van der Waals surface area contributed by atoms with Crippen molar-refractivity contribution in [2.45, 2.75) is 18.8 Å². The molecule has 0 atom stereocenters. The molecule has 0 aliphatic heterocycles. The lowest BCUT2D eigenvalue weighted by atomic mass is 9.76. The average Bonchev–Trinajstić information content (AvgIpc) is 2.48. The van der Waals surface area contributed by atoms with E-state index in [1.165, 1.54) is 0 Å². The van der Waals surface area contributed by atoms with Crippen LogP contribution in [0, 0.1) is 6.92 Å². The Kier molecular flexibility index (Phi) is 5.28. The lowest BCUT2D eigenvalue weighted by Gasteiger charge is -2.31. The second-order valence-corrected chi connectivity index (χ2v) is 6.16. The number of hydrogen-bond acceptors (Lipinski definition) is 2. The van der Waals surface area contributed by atoms with E-state index in [4.69, 9.17) is 23.2 Å². The Morgan fingerprint density at radius 1 is 0.952 bits per heavy atom. The lowest BCUT2D eigenvalue weighted by Crippen LogP contribution is -2.37. The monoisotopic (exact) mass is 324 g/mol. The molecule has 0 aliphatic carbocycles. The van der Waals surface area contributed by atoms with Gasteiger partial charge in [0.25, 0.3) is 0 Å². The summed E-state index contributed by atoms with van der Waals surface area (Å²) in [5.41, 5.74) is 1.83. The summed E-state index contributed by atoms with van der Waals surface area (Å²) in [6.45, 7) is 1.55. The molecule has 2 aromatic carbocycles. The molecule has 112 valence electrons. The SMILES string of the molecule is Cc1ccc(CC(CO)(CO)c2ccccc2Cl)c(Cl)c1. The van der Waals surface area contributed by atoms with E-state index in [1.807, 2.05) is 43.3 Å². The van der Waals surface area contributed by atoms with Gasteiger partial charge in [-0.2, -0.15) is 0 Å². The Balaban J connectivity index is 2.46. The van der Waals surface area contributed by atoms with Crippen LogP contribution in [0.25, 0.3) is 0 Å². The zero-order chi connectivity index (χ0) is 15.5. The molecule has 0 unspecified atom stereocenters. The van der Waals surface area contributed by atoms with E-state index in [1.54, 1.807) is 6.07 Å². The number of aryl methyl sites for hydroxylation is 1. The predicted octanol–water partition coefficient (Wildman–Crippen LogP) is 3.77. The van der Waals surface area contributed by atoms with Crippen molar-refractivity contribution in [3.63, 3.8) is 0 Å². The number of rotatable bonds is 5. The van der Waals surface area contributed by atoms with Crippen LogP contribution in [-0.4, -0.2) is 23.4 Å². The molecule has 2 rings (SSSR count). The fourth-order valence-corrected chi connectivity index (χ4v) is 3.12. The summed E-state index contributed by atoms with van der Waals surface area (Å²) < 4.78 is 0. The molecule has 0 bridgehead atoms. The smallest absolute Gasteiger partial charge is 0.0553 e. The Hall–Kier alpha value is -1.06. The fourth-order valence-electron chi connectivity index (χ4n) is 2.48. The van der Waals surface area contributed by atoms with E-state index in [0.29, 0.717) is 16.5 Å². The highest BCUT2D eigenvalue weighted by Gasteiger charge is 2.33. The number of aliphatic hydroxyl groups excluding tert-OH is 2. The molecule has 2 N–H and O–H groups in total. The van der Waals surface area contributed by atoms with Crippen LogP contribution in [0.4, 0.5) is 0 Å². The van der Waals surface area contributed by atoms with Crippen LogP contribution < -0.4 is 0 Å². The molecule has 21 heavy (non-hydrogen) atoms. The zero-order valence-electron chi connectivity index (χ0n) is 11.8. The van der Waals surface area contributed by atoms with Gasteiger partial charge >= 0.3 is 0 Å². The van der Waals surface area contributed by atoms with Crippen LogP contribution in [0.5, 0.6) is 0 Å². The van der Waals surface area contributed by atoms with Crippen LogP contribution in [0.15, 0.2) is 42.5 Å². The first-order valence-corrected chi connectivity index (χ1v) is 7.50. The molecular weight excluding hydrogens is 307 g/mol. The van der Waals surface area contributed by atoms with Crippen molar-refractivity contribution in [2.24, 2.45) is 0 Å². The molecule has 0 aromatic heterocycles. The first-order chi connectivity index (χ1) is 10.0. The zero-order valence-corrected chi connectivity index (χ0v) is 13.3. The second-order valence-electron chi connectivity index (χ2n) is 5.35. The van der Waals surface area contributed by atoms with Crippen LogP contribution >= 0.6 is 23.2 Å². The Labute approximate surface area is 135 Å². The minimum atomic E-state index is -0.850. The van der Waals surface area contributed by atoms with E-state index in [-0.39, 0.29) is 13.2 Å². The molecule has 0 spiro atoms. The van der Waals surface area contributed by atoms with Crippen LogP contribution in [-0.2, 0) is 11.8 Å². The van der Waals surface area contributed by atoms with Gasteiger partial charge in [-0.3, -0.25) is 0 Å². The molecule has 2 aromatic rings. The number of benzene rings is 2. The van der Waals surface area contributed by atoms with Crippen molar-refractivity contribution in [1.29, 1.82) is 0 Å². The van der Waals surface area contributed by atoms with E-state index in [2.05, 4.69) is 0 Å². The molecule has 2 nitrogen and oxygen atoms in total. The molecule has 0 saturated heterocycles. The minimum absolute atomic E-state index is 0.211. The van der Waals surface area contributed by atoms with Crippen molar-refractivity contribution in [1.82, 2.24) is 0 Å². The predicted molar refractivity (Wildman–Crippen MR) is 87.2 cm³/mol. The topological polar surface area (TPSA) is 40.5 Å². The summed E-state index contributed by atoms with van der Waals surface area (Å²) in [4.78, 5) is 0. The molecule has 0 aliphatic rings. The van der Waals surface area contributed by atoms with Gasteiger partial charge in [-0.25, -0.2) is 0 Å². The maximum Gasteiger partial charge on any atom is 0.0553 e. The van der Waals surface area contributed by atoms with Gasteiger partial charge in [0.15, 0.2) is 0 Å². The largest absolute Gasteiger partial charge is 0.395 e. The van der Waals surface area contributed by atoms with Gasteiger partial charge in [-0.05, 0) is 42.2 Å². The fraction of sp³-hybridized carbons (Fsp3) is 0.294. The summed E-state index contributed by atoms with van der Waals surface area (Å²) in [7, 11) is 0. The average molecular weight is 325 g/mol. The summed E-state index contributed by atoms with van der Waals surface area (Å²) in [6.07, 6.45) is 0.419. The summed E-state index contributed by atoms with van der Waals surface area (Å²) in [5.74, 6) is 0. The molecule has 0 saturated carbocycles. The molecule has 0 amide bonds. The second kappa shape index (κ2) is 6.80. The first-order valence-electron chi connectivity index (χ1n) is 6.74. The van der Waals surface area contributed by atoms with Gasteiger partial charge in [0.1, 0.15) is 0 Å². The lowest BCUT2D eigenvalue weighted by molar-refractivity contribution is 0.116. The first kappa shape index (κ1) is 16.3. The molecule has 4 heteroatoms. The van der Waals surface area contributed by atoms with Gasteiger partial charge in [0, 0.05) is 15.5 Å². The summed E-state index contributed by atoms with van der Waals surface area (Å²) in [6, 6.07) is 13.0. The van der Waals surface area contributed by atoms with Crippen molar-refractivity contribution in [2.75, 3.05) is 13.2 Å². The van der Waals surface area contributed by atoms with Gasteiger partial charge in [-0.1, -0.05) is 53.5 Å². The van der Waals surface area contributed by atoms with E-state index >= 15 is 0 Å². The maximum atomic E-state index is 9.90. The number of aliphatic hydroxyl groups is 2. The van der Waals surface area contributed by atoms with E-state index in [9.17, 15) is 10.2 Å². The summed E-state index contributed by atoms with van der Waals surface area (Å²) in [5, 5.41) is 21.0. The summed E-state index contributed by atoms with van der Waals surface area (Å²) >= 11 is 12.5. The Morgan fingerprint density at radius 3 is 2.19 bits per heavy atom. The molecule has 0 heterocycles. The maximum absolute atomic E-state index is 9.90. The van der Waals surface area contributed by atoms with Crippen LogP contribution in [0.2, 0.25) is 10.0 Å². The standard InChI is InChI=1S/C17H18Cl2O2/c1-12-6-7-13(16(19)8-12)9-17(10-20,11-21)14-4-2-3-5-15(14)18/h2-8,20-21H,9-11H2,1H3. The highest BCUT2D eigenvalue weighted by atomic mass is 35.5. The third kappa shape index (κ3) is 3.41. The van der Waals surface area contributed by atoms with Crippen LogP contribution in [0.1, 0.15) is 16.7 Å². The van der Waals surface area contributed by atoms with Gasteiger partial charge in [-0.15, -0.1) is 0 Å². The number of halogens is 2. The normalized spacial score (nSPS) is 11.7. The van der Waals surface area contributed by atoms with Gasteiger partial charge in [0.2, 0.25) is 0 Å². The van der Waals surface area contributed by atoms with Gasteiger partial charge in [0.05, 0.1) is 13.2 Å². The Bertz CT molecular complexity index is 622. The third-order valence-electron chi connectivity index (χ3n) is 3.79.